The van der Waals surface area contributed by atoms with Gasteiger partial charge in [0.05, 0.1) is 19.3 Å². The van der Waals surface area contributed by atoms with E-state index in [9.17, 15) is 24.2 Å². The number of aliphatic hydroxyl groups excluding tert-OH is 1. The molecule has 2 unspecified atom stereocenters. The summed E-state index contributed by atoms with van der Waals surface area (Å²) in [7, 11) is -4.44. The van der Waals surface area contributed by atoms with Crippen LogP contribution >= 0.6 is 7.82 Å². The molecule has 0 aromatic rings. The molecule has 56 heavy (non-hydrogen) atoms. The zero-order valence-corrected chi connectivity index (χ0v) is 35.1. The van der Waals surface area contributed by atoms with Gasteiger partial charge in [-0.3, -0.25) is 18.6 Å². The van der Waals surface area contributed by atoms with Crippen molar-refractivity contribution in [3.8, 4) is 0 Å². The third-order valence-corrected chi connectivity index (χ3v) is 8.74. The number of nitrogens with two attached hydrogens (primary N) is 1. The molecule has 0 aromatic heterocycles. The second-order valence-corrected chi connectivity index (χ2v) is 14.4. The molecule has 0 bridgehead atoms. The minimum Gasteiger partial charge on any atom is -0.462 e. The van der Waals surface area contributed by atoms with Gasteiger partial charge in [-0.2, -0.15) is 0 Å². The van der Waals surface area contributed by atoms with E-state index in [2.05, 4.69) is 98.9 Å². The number of carbonyl (C=O) groups excluding carboxylic acids is 2. The van der Waals surface area contributed by atoms with Crippen LogP contribution in [0.2, 0.25) is 0 Å². The van der Waals surface area contributed by atoms with E-state index in [0.717, 1.165) is 77.0 Å². The lowest BCUT2D eigenvalue weighted by molar-refractivity contribution is -0.161. The summed E-state index contributed by atoms with van der Waals surface area (Å²) in [5, 5.41) is 10.2. The zero-order valence-electron chi connectivity index (χ0n) is 34.2. The molecule has 0 rings (SSSR count). The number of allylic oxidation sites excluding steroid dienone is 17. The van der Waals surface area contributed by atoms with Crippen molar-refractivity contribution in [1.82, 2.24) is 0 Å². The predicted molar refractivity (Wildman–Crippen MR) is 230 cm³/mol. The first-order valence-corrected chi connectivity index (χ1v) is 22.0. The summed E-state index contributed by atoms with van der Waals surface area (Å²) in [5.41, 5.74) is 5.33. The molecule has 10 nitrogen and oxygen atoms in total. The van der Waals surface area contributed by atoms with E-state index in [-0.39, 0.29) is 32.6 Å². The normalized spacial score (nSPS) is 15.0. The molecule has 0 fully saturated rings. The lowest BCUT2D eigenvalue weighted by atomic mass is 10.1. The van der Waals surface area contributed by atoms with Crippen LogP contribution in [-0.2, 0) is 32.7 Å². The largest absolute Gasteiger partial charge is 0.472 e. The van der Waals surface area contributed by atoms with Crippen LogP contribution in [0.3, 0.4) is 0 Å². The fourth-order valence-corrected chi connectivity index (χ4v) is 5.53. The average molecular weight is 802 g/mol. The monoisotopic (exact) mass is 801 g/mol. The van der Waals surface area contributed by atoms with E-state index in [1.54, 1.807) is 12.2 Å². The van der Waals surface area contributed by atoms with Gasteiger partial charge in [-0.25, -0.2) is 4.57 Å². The molecule has 0 aliphatic heterocycles. The third kappa shape index (κ3) is 38.9. The van der Waals surface area contributed by atoms with Crippen molar-refractivity contribution in [3.05, 3.63) is 109 Å². The summed E-state index contributed by atoms with van der Waals surface area (Å²) < 4.78 is 32.6. The lowest BCUT2D eigenvalue weighted by Gasteiger charge is -2.20. The number of rotatable bonds is 36. The quantitative estimate of drug-likeness (QED) is 0.0183. The summed E-state index contributed by atoms with van der Waals surface area (Å²) in [6, 6.07) is 0. The molecule has 0 spiro atoms. The van der Waals surface area contributed by atoms with Gasteiger partial charge in [0.1, 0.15) is 6.61 Å². The van der Waals surface area contributed by atoms with E-state index < -0.39 is 38.6 Å². The van der Waals surface area contributed by atoms with Crippen LogP contribution in [-0.4, -0.2) is 60.5 Å². The summed E-state index contributed by atoms with van der Waals surface area (Å²) in [5.74, 6) is -1.08. The lowest BCUT2D eigenvalue weighted by Crippen LogP contribution is -2.29. The number of aliphatic hydroxyl groups is 1. The van der Waals surface area contributed by atoms with Crippen molar-refractivity contribution in [2.24, 2.45) is 5.73 Å². The van der Waals surface area contributed by atoms with Gasteiger partial charge in [0, 0.05) is 19.4 Å². The van der Waals surface area contributed by atoms with Crippen LogP contribution < -0.4 is 5.73 Å². The van der Waals surface area contributed by atoms with Gasteiger partial charge in [-0.1, -0.05) is 136 Å². The minimum absolute atomic E-state index is 0.0162. The van der Waals surface area contributed by atoms with Gasteiger partial charge in [0.15, 0.2) is 6.10 Å². The molecular weight excluding hydrogens is 729 g/mol. The molecule has 0 aliphatic carbocycles. The zero-order chi connectivity index (χ0) is 41.2. The Morgan fingerprint density at radius 1 is 0.625 bits per heavy atom. The molecule has 0 saturated heterocycles. The van der Waals surface area contributed by atoms with Crippen LogP contribution in [0.1, 0.15) is 123 Å². The SMILES string of the molecule is CC/C=C\C/C=C\C/C=C\C/C=C\C=C\C(O)CCCC(=O)OC[C@H](COP(=O)(O)OCCN)OC(=O)CCCCCC/C=C\C/C=C\C/C=C\C/C=C\CC. The number of hydrogen-bond donors (Lipinski definition) is 3. The highest BCUT2D eigenvalue weighted by Gasteiger charge is 2.26. The first-order chi connectivity index (χ1) is 27.2. The highest BCUT2D eigenvalue weighted by Crippen LogP contribution is 2.43. The molecular formula is C45H72NO9P. The fourth-order valence-electron chi connectivity index (χ4n) is 4.77. The number of carbonyl (C=O) groups is 2. The maximum atomic E-state index is 12.6. The summed E-state index contributed by atoms with van der Waals surface area (Å²) in [6.45, 7) is 3.21. The number of phosphoric acid groups is 1. The van der Waals surface area contributed by atoms with Gasteiger partial charge in [-0.15, -0.1) is 0 Å². The van der Waals surface area contributed by atoms with Crippen molar-refractivity contribution in [2.75, 3.05) is 26.4 Å². The Labute approximate surface area is 338 Å². The average Bonchev–Trinajstić information content (AvgIpc) is 3.18. The Balaban J connectivity index is 4.46. The molecule has 11 heteroatoms. The van der Waals surface area contributed by atoms with Gasteiger partial charge in [0.25, 0.3) is 0 Å². The van der Waals surface area contributed by atoms with E-state index in [1.807, 2.05) is 12.2 Å². The van der Waals surface area contributed by atoms with Crippen LogP contribution in [0.15, 0.2) is 109 Å². The van der Waals surface area contributed by atoms with Gasteiger partial charge >= 0.3 is 19.8 Å². The molecule has 316 valence electrons. The Morgan fingerprint density at radius 2 is 1.14 bits per heavy atom. The molecule has 0 aliphatic rings. The molecule has 0 amide bonds. The Hall–Kier alpha value is -3.37. The fraction of sp³-hybridized carbons (Fsp3) is 0.556. The van der Waals surface area contributed by atoms with Crippen molar-refractivity contribution in [1.29, 1.82) is 0 Å². The number of phosphoric ester groups is 1. The van der Waals surface area contributed by atoms with Gasteiger partial charge in [0.2, 0.25) is 0 Å². The second kappa shape index (κ2) is 39.8. The maximum absolute atomic E-state index is 12.6. The first-order valence-electron chi connectivity index (χ1n) is 20.5. The molecule has 0 aromatic carbocycles. The predicted octanol–water partition coefficient (Wildman–Crippen LogP) is 10.6. The van der Waals surface area contributed by atoms with Crippen LogP contribution in [0, 0.1) is 0 Å². The highest BCUT2D eigenvalue weighted by atomic mass is 31.2. The number of ether oxygens (including phenoxy) is 2. The highest BCUT2D eigenvalue weighted by molar-refractivity contribution is 7.47. The Morgan fingerprint density at radius 3 is 1.71 bits per heavy atom. The molecule has 4 N–H and O–H groups in total. The standard InChI is InChI=1S/C45H72NO9P/c1-3-5-7-9-11-13-15-17-18-19-20-22-24-26-28-30-32-36-45(49)55-43(41-54-56(50,51)53-39-38-46)40-52-44(48)37-33-35-42(47)34-31-29-27-25-23-21-16-14-12-10-8-6-4-2/h5-8,11-14,17-18,20-23,27,29,31,34,42-43,47H,3-4,9-10,15-16,19,24-26,28,30,32-33,35-41,46H2,1-2H3,(H,50,51)/b7-5-,8-6-,13-11-,14-12-,18-17-,22-20-,23-21-,29-27-,34-31+/t42?,43-/m1/s1. The number of esters is 2. The van der Waals surface area contributed by atoms with Crippen LogP contribution in [0.5, 0.6) is 0 Å². The van der Waals surface area contributed by atoms with Crippen molar-refractivity contribution in [3.63, 3.8) is 0 Å². The van der Waals surface area contributed by atoms with E-state index in [4.69, 9.17) is 24.3 Å². The Kier molecular flexibility index (Phi) is 37.5. The first kappa shape index (κ1) is 52.6. The number of unbranched alkanes of at least 4 members (excludes halogenated alkanes) is 4. The topological polar surface area (TPSA) is 155 Å². The molecule has 0 saturated carbocycles. The van der Waals surface area contributed by atoms with E-state index >= 15 is 0 Å². The number of hydrogen-bond acceptors (Lipinski definition) is 9. The minimum atomic E-state index is -4.44. The van der Waals surface area contributed by atoms with Gasteiger partial charge in [-0.05, 0) is 83.5 Å². The smallest absolute Gasteiger partial charge is 0.462 e. The molecule has 0 radical (unpaired) electrons. The summed E-state index contributed by atoms with van der Waals surface area (Å²) in [4.78, 5) is 34.8. The molecule has 3 atom stereocenters. The van der Waals surface area contributed by atoms with Crippen LogP contribution in [0.25, 0.3) is 0 Å². The maximum Gasteiger partial charge on any atom is 0.472 e. The van der Waals surface area contributed by atoms with Crippen molar-refractivity contribution in [2.45, 2.75) is 135 Å². The van der Waals surface area contributed by atoms with Crippen LogP contribution in [0.4, 0.5) is 0 Å². The van der Waals surface area contributed by atoms with Gasteiger partial charge < -0.3 is 25.2 Å². The van der Waals surface area contributed by atoms with E-state index in [0.29, 0.717) is 19.3 Å². The summed E-state index contributed by atoms with van der Waals surface area (Å²) in [6.07, 6.45) is 48.7. The Bertz CT molecular complexity index is 1300. The third-order valence-electron chi connectivity index (χ3n) is 7.76. The second-order valence-electron chi connectivity index (χ2n) is 12.9. The van der Waals surface area contributed by atoms with Crippen molar-refractivity contribution < 1.29 is 42.7 Å². The molecule has 0 heterocycles. The van der Waals surface area contributed by atoms with E-state index in [1.165, 1.54) is 0 Å². The van der Waals surface area contributed by atoms with Crippen molar-refractivity contribution >= 4 is 19.8 Å². The summed E-state index contributed by atoms with van der Waals surface area (Å²) >= 11 is 0.